The summed E-state index contributed by atoms with van der Waals surface area (Å²) >= 11 is 0. The predicted octanol–water partition coefficient (Wildman–Crippen LogP) is -1.33. The molecule has 4 rings (SSSR count). The van der Waals surface area contributed by atoms with Gasteiger partial charge in [0.05, 0.1) is 19.5 Å². The molecule has 0 radical (unpaired) electrons. The lowest BCUT2D eigenvalue weighted by molar-refractivity contribution is -0.858. The summed E-state index contributed by atoms with van der Waals surface area (Å²) in [7, 11) is 4.20. The van der Waals surface area contributed by atoms with E-state index >= 15 is 0 Å². The van der Waals surface area contributed by atoms with E-state index in [1.807, 2.05) is 0 Å². The topological polar surface area (TPSA) is 30.7 Å². The van der Waals surface area contributed by atoms with Crippen LogP contribution in [0.1, 0.15) is 51.9 Å². The second-order valence-electron chi connectivity index (χ2n) is 8.19. The van der Waals surface area contributed by atoms with Crippen LogP contribution < -0.4 is 17.3 Å². The summed E-state index contributed by atoms with van der Waals surface area (Å²) in [6.45, 7) is 3.81. The maximum absolute atomic E-state index is 12.7. The van der Waals surface area contributed by atoms with Gasteiger partial charge in [0, 0.05) is 0 Å². The van der Waals surface area contributed by atoms with Crippen LogP contribution in [-0.2, 0) is 9.53 Å². The van der Waals surface area contributed by atoms with Crippen molar-refractivity contribution in [3.8, 4) is 0 Å². The normalized spacial score (nSPS) is 40.2. The van der Waals surface area contributed by atoms with Crippen molar-refractivity contribution in [2.45, 2.75) is 51.9 Å². The number of carbonyl (C=O) groups excluding carboxylic acids is 1. The van der Waals surface area contributed by atoms with Crippen LogP contribution >= 0.6 is 0 Å². The SMILES string of the molecule is CCC12CC3CC(C1)CC(C(=O)OCC[NH+](C)C)(C3)C2.[Cl-]. The molecule has 2 atom stereocenters. The van der Waals surface area contributed by atoms with Gasteiger partial charge < -0.3 is 22.0 Å². The molecule has 0 aromatic heterocycles. The van der Waals surface area contributed by atoms with Gasteiger partial charge in [0.15, 0.2) is 0 Å². The lowest BCUT2D eigenvalue weighted by Crippen LogP contribution is -3.06. The van der Waals surface area contributed by atoms with Gasteiger partial charge in [-0.05, 0) is 55.8 Å². The highest BCUT2D eigenvalue weighted by Gasteiger charge is 2.60. The molecule has 4 heteroatoms. The van der Waals surface area contributed by atoms with Gasteiger partial charge in [0.2, 0.25) is 0 Å². The van der Waals surface area contributed by atoms with Crippen LogP contribution in [0.25, 0.3) is 0 Å². The Kier molecular flexibility index (Phi) is 4.94. The van der Waals surface area contributed by atoms with Crippen LogP contribution in [0.15, 0.2) is 0 Å². The summed E-state index contributed by atoms with van der Waals surface area (Å²) in [6.07, 6.45) is 8.69. The van der Waals surface area contributed by atoms with Crippen LogP contribution in [0.4, 0.5) is 0 Å². The number of carbonyl (C=O) groups is 1. The molecule has 0 amide bonds. The lowest BCUT2D eigenvalue weighted by Gasteiger charge is -2.60. The van der Waals surface area contributed by atoms with Gasteiger partial charge in [0.1, 0.15) is 13.2 Å². The monoisotopic (exact) mass is 315 g/mol. The summed E-state index contributed by atoms with van der Waals surface area (Å²) in [4.78, 5) is 14.0. The fraction of sp³-hybridized carbons (Fsp3) is 0.941. The molecule has 2 unspecified atom stereocenters. The zero-order valence-electron chi connectivity index (χ0n) is 13.7. The summed E-state index contributed by atoms with van der Waals surface area (Å²) in [5, 5.41) is 0. The van der Waals surface area contributed by atoms with E-state index in [2.05, 4.69) is 21.0 Å². The van der Waals surface area contributed by atoms with Gasteiger partial charge in [-0.3, -0.25) is 4.79 Å². The third-order valence-corrected chi connectivity index (χ3v) is 6.20. The smallest absolute Gasteiger partial charge is 0.312 e. The second-order valence-corrected chi connectivity index (χ2v) is 8.19. The predicted molar refractivity (Wildman–Crippen MR) is 78.5 cm³/mol. The van der Waals surface area contributed by atoms with E-state index in [0.29, 0.717) is 12.0 Å². The third kappa shape index (κ3) is 3.10. The van der Waals surface area contributed by atoms with Gasteiger partial charge in [-0.1, -0.05) is 13.3 Å². The maximum Gasteiger partial charge on any atom is 0.312 e. The van der Waals surface area contributed by atoms with E-state index in [1.54, 1.807) is 0 Å². The van der Waals surface area contributed by atoms with Crippen LogP contribution in [0, 0.1) is 22.7 Å². The Morgan fingerprint density at radius 1 is 1.19 bits per heavy atom. The zero-order valence-corrected chi connectivity index (χ0v) is 14.5. The van der Waals surface area contributed by atoms with Crippen LogP contribution in [0.5, 0.6) is 0 Å². The average molecular weight is 316 g/mol. The number of nitrogens with one attached hydrogen (secondary N) is 1. The van der Waals surface area contributed by atoms with Gasteiger partial charge in [0.25, 0.3) is 0 Å². The van der Waals surface area contributed by atoms with Gasteiger partial charge in [-0.2, -0.15) is 0 Å². The van der Waals surface area contributed by atoms with Crippen molar-refractivity contribution in [2.24, 2.45) is 22.7 Å². The van der Waals surface area contributed by atoms with Crippen LogP contribution in [-0.4, -0.2) is 33.2 Å². The van der Waals surface area contributed by atoms with E-state index in [0.717, 1.165) is 37.6 Å². The Labute approximate surface area is 135 Å². The highest BCUT2D eigenvalue weighted by molar-refractivity contribution is 5.77. The molecule has 0 aromatic carbocycles. The van der Waals surface area contributed by atoms with Gasteiger partial charge >= 0.3 is 5.97 Å². The van der Waals surface area contributed by atoms with E-state index in [1.165, 1.54) is 30.6 Å². The first kappa shape index (κ1) is 17.1. The number of esters is 1. The van der Waals surface area contributed by atoms with Crippen molar-refractivity contribution >= 4 is 5.97 Å². The average Bonchev–Trinajstić information content (AvgIpc) is 2.36. The molecule has 4 aliphatic rings. The number of hydrogen-bond donors (Lipinski definition) is 1. The molecule has 4 fully saturated rings. The number of likely N-dealkylation sites (N-methyl/N-ethyl adjacent to an activating group) is 1. The largest absolute Gasteiger partial charge is 1.00 e. The Bertz CT molecular complexity index is 382. The number of halogens is 1. The molecular weight excluding hydrogens is 286 g/mol. The van der Waals surface area contributed by atoms with E-state index in [9.17, 15) is 4.79 Å². The second kappa shape index (κ2) is 6.08. The zero-order chi connectivity index (χ0) is 14.4. The fourth-order valence-electron chi connectivity index (χ4n) is 5.61. The van der Waals surface area contributed by atoms with Crippen molar-refractivity contribution in [1.29, 1.82) is 0 Å². The number of rotatable bonds is 5. The Morgan fingerprint density at radius 2 is 1.81 bits per heavy atom. The third-order valence-electron chi connectivity index (χ3n) is 6.20. The molecule has 0 spiro atoms. The van der Waals surface area contributed by atoms with Gasteiger partial charge in [-0.15, -0.1) is 0 Å². The number of hydrogen-bond acceptors (Lipinski definition) is 2. The first-order valence-electron chi connectivity index (χ1n) is 8.43. The summed E-state index contributed by atoms with van der Waals surface area (Å²) in [6, 6.07) is 0. The van der Waals surface area contributed by atoms with Crippen molar-refractivity contribution in [3.05, 3.63) is 0 Å². The number of ether oxygens (including phenoxy) is 1. The van der Waals surface area contributed by atoms with Crippen molar-refractivity contribution in [2.75, 3.05) is 27.2 Å². The highest BCUT2D eigenvalue weighted by Crippen LogP contribution is 2.66. The summed E-state index contributed by atoms with van der Waals surface area (Å²) < 4.78 is 5.67. The highest BCUT2D eigenvalue weighted by atomic mass is 35.5. The molecule has 0 heterocycles. The molecule has 21 heavy (non-hydrogen) atoms. The number of quaternary nitrogens is 1. The fourth-order valence-corrected chi connectivity index (χ4v) is 5.61. The quantitative estimate of drug-likeness (QED) is 0.638. The van der Waals surface area contributed by atoms with Gasteiger partial charge in [-0.25, -0.2) is 0 Å². The standard InChI is InChI=1S/C17H29NO2.ClH/c1-4-16-8-13-7-14(9-16)11-17(10-13,12-16)15(19)20-6-5-18(2)3;/h13-14H,4-12H2,1-3H3;1H. The Morgan fingerprint density at radius 3 is 2.33 bits per heavy atom. The molecule has 3 nitrogen and oxygen atoms in total. The Hall–Kier alpha value is -0.280. The Balaban J connectivity index is 0.00000161. The minimum atomic E-state index is -0.109. The molecule has 122 valence electrons. The lowest BCUT2D eigenvalue weighted by atomic mass is 9.43. The summed E-state index contributed by atoms with van der Waals surface area (Å²) in [5.41, 5.74) is 0.359. The van der Waals surface area contributed by atoms with E-state index in [4.69, 9.17) is 4.74 Å². The molecule has 4 aliphatic carbocycles. The van der Waals surface area contributed by atoms with Crippen molar-refractivity contribution < 1.29 is 26.8 Å². The molecule has 0 aliphatic heterocycles. The van der Waals surface area contributed by atoms with Crippen molar-refractivity contribution in [1.82, 2.24) is 0 Å². The first-order chi connectivity index (χ1) is 9.47. The molecular formula is C17H30ClNO2. The maximum atomic E-state index is 12.7. The van der Waals surface area contributed by atoms with Crippen molar-refractivity contribution in [3.63, 3.8) is 0 Å². The van der Waals surface area contributed by atoms with Crippen LogP contribution in [0.2, 0.25) is 0 Å². The first-order valence-corrected chi connectivity index (χ1v) is 8.43. The molecule has 0 saturated heterocycles. The summed E-state index contributed by atoms with van der Waals surface area (Å²) in [5.74, 6) is 1.72. The minimum absolute atomic E-state index is 0. The molecule has 4 saturated carbocycles. The molecule has 4 bridgehead atoms. The van der Waals surface area contributed by atoms with Crippen LogP contribution in [0.3, 0.4) is 0 Å². The van der Waals surface area contributed by atoms with E-state index in [-0.39, 0.29) is 23.8 Å². The molecule has 0 aromatic rings. The van der Waals surface area contributed by atoms with E-state index < -0.39 is 0 Å². The molecule has 1 N–H and O–H groups in total. The minimum Gasteiger partial charge on any atom is -1.00 e.